The summed E-state index contributed by atoms with van der Waals surface area (Å²) in [6.07, 6.45) is 0.884. The highest BCUT2D eigenvalue weighted by atomic mass is 16.1. The maximum absolute atomic E-state index is 11.1. The molecule has 0 amide bonds. The fourth-order valence-electron chi connectivity index (χ4n) is 1.92. The summed E-state index contributed by atoms with van der Waals surface area (Å²) >= 11 is 0. The number of rotatable bonds is 4. The Bertz CT molecular complexity index is 567. The molecular formula is C12H18N4O. The molecule has 0 aliphatic carbocycles. The van der Waals surface area contributed by atoms with Gasteiger partial charge in [0.1, 0.15) is 0 Å². The molecule has 0 bridgehead atoms. The smallest absolute Gasteiger partial charge is 0.323 e. The lowest BCUT2D eigenvalue weighted by Gasteiger charge is -2.27. The normalized spacial score (nSPS) is 11.9. The highest BCUT2D eigenvalue weighted by molar-refractivity contribution is 5.78. The van der Waals surface area contributed by atoms with Gasteiger partial charge in [-0.25, -0.2) is 4.79 Å². The molecule has 1 heterocycles. The Morgan fingerprint density at radius 3 is 2.71 bits per heavy atom. The van der Waals surface area contributed by atoms with E-state index in [1.165, 1.54) is 0 Å². The van der Waals surface area contributed by atoms with Crippen molar-refractivity contribution >= 4 is 16.7 Å². The lowest BCUT2D eigenvalue weighted by atomic mass is 10.0. The Kier molecular flexibility index (Phi) is 2.93. The molecule has 1 aromatic heterocycles. The van der Waals surface area contributed by atoms with Crippen LogP contribution >= 0.6 is 0 Å². The van der Waals surface area contributed by atoms with Crippen molar-refractivity contribution in [1.29, 1.82) is 0 Å². The van der Waals surface area contributed by atoms with Gasteiger partial charge in [0.05, 0.1) is 11.0 Å². The van der Waals surface area contributed by atoms with E-state index in [1.807, 2.05) is 18.2 Å². The summed E-state index contributed by atoms with van der Waals surface area (Å²) in [5.41, 5.74) is 7.93. The molecule has 5 nitrogen and oxygen atoms in total. The summed E-state index contributed by atoms with van der Waals surface area (Å²) in [5.74, 6) is 0. The second-order valence-electron chi connectivity index (χ2n) is 4.89. The van der Waals surface area contributed by atoms with Crippen molar-refractivity contribution in [2.75, 3.05) is 11.9 Å². The van der Waals surface area contributed by atoms with Gasteiger partial charge in [-0.2, -0.15) is 0 Å². The van der Waals surface area contributed by atoms with Gasteiger partial charge in [0, 0.05) is 11.2 Å². The fraction of sp³-hybridized carbons (Fsp3) is 0.417. The number of imidazole rings is 1. The topological polar surface area (TPSA) is 86.7 Å². The van der Waals surface area contributed by atoms with Gasteiger partial charge in [-0.1, -0.05) is 0 Å². The monoisotopic (exact) mass is 234 g/mol. The predicted molar refractivity (Wildman–Crippen MR) is 70.3 cm³/mol. The molecule has 0 saturated carbocycles. The second kappa shape index (κ2) is 4.25. The Balaban J connectivity index is 2.27. The zero-order chi connectivity index (χ0) is 12.5. The number of nitrogens with one attached hydrogen (secondary N) is 3. The van der Waals surface area contributed by atoms with E-state index in [0.29, 0.717) is 6.54 Å². The van der Waals surface area contributed by atoms with E-state index in [2.05, 4.69) is 29.1 Å². The minimum absolute atomic E-state index is 0.0565. The van der Waals surface area contributed by atoms with Crippen molar-refractivity contribution < 1.29 is 0 Å². The molecule has 0 fully saturated rings. The molecule has 5 N–H and O–H groups in total. The second-order valence-corrected chi connectivity index (χ2v) is 4.89. The molecule has 0 aliphatic rings. The van der Waals surface area contributed by atoms with Crippen LogP contribution in [0.4, 0.5) is 5.69 Å². The average Bonchev–Trinajstić information content (AvgIpc) is 2.56. The van der Waals surface area contributed by atoms with Crippen LogP contribution in [0.5, 0.6) is 0 Å². The highest BCUT2D eigenvalue weighted by Gasteiger charge is 2.16. The van der Waals surface area contributed by atoms with E-state index in [9.17, 15) is 4.79 Å². The van der Waals surface area contributed by atoms with Crippen LogP contribution in [-0.4, -0.2) is 22.1 Å². The summed E-state index contributed by atoms with van der Waals surface area (Å²) in [4.78, 5) is 16.6. The van der Waals surface area contributed by atoms with Gasteiger partial charge in [0.25, 0.3) is 0 Å². The van der Waals surface area contributed by atoms with Crippen molar-refractivity contribution in [3.63, 3.8) is 0 Å². The number of H-pyrrole nitrogens is 2. The Morgan fingerprint density at radius 2 is 2.00 bits per heavy atom. The molecule has 1 aromatic carbocycles. The van der Waals surface area contributed by atoms with Gasteiger partial charge in [0.15, 0.2) is 0 Å². The third kappa shape index (κ3) is 2.68. The van der Waals surface area contributed by atoms with Crippen LogP contribution in [0.15, 0.2) is 23.0 Å². The first-order valence-electron chi connectivity index (χ1n) is 5.70. The standard InChI is InChI=1S/C12H18N4O/c1-12(2,5-6-13)16-8-3-4-9-10(7-8)15-11(17)14-9/h3-4,7,16H,5-6,13H2,1-2H3,(H2,14,15,17). The highest BCUT2D eigenvalue weighted by Crippen LogP contribution is 2.20. The van der Waals surface area contributed by atoms with Crippen molar-refractivity contribution in [3.05, 3.63) is 28.7 Å². The van der Waals surface area contributed by atoms with Crippen LogP contribution in [0.2, 0.25) is 0 Å². The molecule has 0 unspecified atom stereocenters. The molecule has 17 heavy (non-hydrogen) atoms. The van der Waals surface area contributed by atoms with E-state index >= 15 is 0 Å². The first-order chi connectivity index (χ1) is 8.00. The quantitative estimate of drug-likeness (QED) is 0.645. The van der Waals surface area contributed by atoms with Crippen LogP contribution in [0.1, 0.15) is 20.3 Å². The number of benzene rings is 1. The summed E-state index contributed by atoms with van der Waals surface area (Å²) in [5, 5.41) is 3.40. The zero-order valence-corrected chi connectivity index (χ0v) is 10.1. The maximum atomic E-state index is 11.1. The van der Waals surface area contributed by atoms with E-state index in [0.717, 1.165) is 23.1 Å². The first-order valence-corrected chi connectivity index (χ1v) is 5.70. The van der Waals surface area contributed by atoms with Gasteiger partial charge in [-0.3, -0.25) is 0 Å². The van der Waals surface area contributed by atoms with Crippen LogP contribution in [-0.2, 0) is 0 Å². The third-order valence-electron chi connectivity index (χ3n) is 2.77. The third-order valence-corrected chi connectivity index (χ3v) is 2.77. The number of fused-ring (bicyclic) bond motifs is 1. The van der Waals surface area contributed by atoms with Gasteiger partial charge in [-0.05, 0) is 45.0 Å². The molecule has 2 aromatic rings. The lowest BCUT2D eigenvalue weighted by Crippen LogP contribution is -2.33. The fourth-order valence-corrected chi connectivity index (χ4v) is 1.92. The molecule has 0 spiro atoms. The summed E-state index contributed by atoms with van der Waals surface area (Å²) in [6, 6.07) is 5.75. The number of aromatic amines is 2. The van der Waals surface area contributed by atoms with E-state index in [1.54, 1.807) is 0 Å². The minimum Gasteiger partial charge on any atom is -0.380 e. The van der Waals surface area contributed by atoms with E-state index < -0.39 is 0 Å². The molecule has 0 saturated heterocycles. The summed E-state index contributed by atoms with van der Waals surface area (Å²) in [7, 11) is 0. The maximum Gasteiger partial charge on any atom is 0.323 e. The van der Waals surface area contributed by atoms with Gasteiger partial charge < -0.3 is 21.0 Å². The van der Waals surface area contributed by atoms with Crippen molar-refractivity contribution in [1.82, 2.24) is 9.97 Å². The number of hydrogen-bond acceptors (Lipinski definition) is 3. The summed E-state index contributed by atoms with van der Waals surface area (Å²) < 4.78 is 0. The van der Waals surface area contributed by atoms with Gasteiger partial charge >= 0.3 is 5.69 Å². The van der Waals surface area contributed by atoms with Crippen molar-refractivity contribution in [2.24, 2.45) is 5.73 Å². The average molecular weight is 234 g/mol. The largest absolute Gasteiger partial charge is 0.380 e. The number of aromatic nitrogens is 2. The molecule has 0 atom stereocenters. The SMILES string of the molecule is CC(C)(CCN)Nc1ccc2[nH]c(=O)[nH]c2c1. The van der Waals surface area contributed by atoms with Gasteiger partial charge in [-0.15, -0.1) is 0 Å². The van der Waals surface area contributed by atoms with E-state index in [-0.39, 0.29) is 11.2 Å². The number of anilines is 1. The van der Waals surface area contributed by atoms with Crippen LogP contribution in [0.3, 0.4) is 0 Å². The lowest BCUT2D eigenvalue weighted by molar-refractivity contribution is 0.527. The Morgan fingerprint density at radius 1 is 1.29 bits per heavy atom. The Hall–Kier alpha value is -1.75. The van der Waals surface area contributed by atoms with Crippen LogP contribution in [0.25, 0.3) is 11.0 Å². The number of hydrogen-bond donors (Lipinski definition) is 4. The van der Waals surface area contributed by atoms with Crippen molar-refractivity contribution in [2.45, 2.75) is 25.8 Å². The first kappa shape index (κ1) is 11.7. The van der Waals surface area contributed by atoms with Gasteiger partial charge in [0.2, 0.25) is 0 Å². The van der Waals surface area contributed by atoms with Crippen LogP contribution in [0, 0.1) is 0 Å². The predicted octanol–water partition coefficient (Wildman–Crippen LogP) is 1.40. The minimum atomic E-state index is -0.182. The molecule has 5 heteroatoms. The summed E-state index contributed by atoms with van der Waals surface area (Å²) in [6.45, 7) is 4.84. The molecule has 92 valence electrons. The zero-order valence-electron chi connectivity index (χ0n) is 10.1. The molecule has 0 radical (unpaired) electrons. The van der Waals surface area contributed by atoms with E-state index in [4.69, 9.17) is 5.73 Å². The molecular weight excluding hydrogens is 216 g/mol. The molecule has 0 aliphatic heterocycles. The molecule has 2 rings (SSSR count). The Labute approximate surface area is 99.4 Å². The number of nitrogens with two attached hydrogens (primary N) is 1. The van der Waals surface area contributed by atoms with Crippen LogP contribution < -0.4 is 16.7 Å². The van der Waals surface area contributed by atoms with Crippen molar-refractivity contribution in [3.8, 4) is 0 Å².